The summed E-state index contributed by atoms with van der Waals surface area (Å²) in [5, 5.41) is 11.7. The number of fused-ring (bicyclic) bond motifs is 1. The van der Waals surface area contributed by atoms with Gasteiger partial charge in [0.25, 0.3) is 0 Å². The molecule has 1 aliphatic carbocycles. The fourth-order valence-electron chi connectivity index (χ4n) is 2.97. The van der Waals surface area contributed by atoms with Gasteiger partial charge < -0.3 is 10.2 Å². The Morgan fingerprint density at radius 2 is 2.29 bits per heavy atom. The van der Waals surface area contributed by atoms with E-state index in [-0.39, 0.29) is 24.3 Å². The Labute approximate surface area is 139 Å². The summed E-state index contributed by atoms with van der Waals surface area (Å²) in [6, 6.07) is 10.2. The van der Waals surface area contributed by atoms with Crippen molar-refractivity contribution in [2.45, 2.75) is 18.9 Å². The maximum Gasteiger partial charge on any atom is 0.240 e. The number of carbonyl (C=O) groups is 1. The molecule has 0 fully saturated rings. The lowest BCUT2D eigenvalue weighted by molar-refractivity contribution is -0.120. The number of halogens is 1. The molecular formula is C18H17FN4O. The highest BCUT2D eigenvalue weighted by Crippen LogP contribution is 2.32. The second-order valence-electron chi connectivity index (χ2n) is 5.84. The number of hydrogen-bond acceptors (Lipinski definition) is 4. The molecule has 122 valence electrons. The van der Waals surface area contributed by atoms with Crippen LogP contribution in [0.1, 0.15) is 29.2 Å². The number of rotatable bonds is 4. The van der Waals surface area contributed by atoms with Crippen LogP contribution < -0.4 is 10.2 Å². The molecule has 0 saturated carbocycles. The van der Waals surface area contributed by atoms with Crippen LogP contribution in [0.5, 0.6) is 0 Å². The van der Waals surface area contributed by atoms with E-state index in [9.17, 15) is 9.18 Å². The first-order chi connectivity index (χ1) is 11.6. The number of nitrogens with one attached hydrogen (secondary N) is 1. The van der Waals surface area contributed by atoms with E-state index in [2.05, 4.69) is 10.3 Å². The van der Waals surface area contributed by atoms with E-state index in [0.717, 1.165) is 5.56 Å². The molecule has 0 saturated heterocycles. The van der Waals surface area contributed by atoms with Gasteiger partial charge in [0.1, 0.15) is 17.7 Å². The number of pyridine rings is 1. The van der Waals surface area contributed by atoms with Crippen molar-refractivity contribution >= 4 is 11.7 Å². The molecule has 3 rings (SSSR count). The van der Waals surface area contributed by atoms with Gasteiger partial charge in [-0.3, -0.25) is 4.79 Å². The zero-order valence-corrected chi connectivity index (χ0v) is 13.3. The lowest BCUT2D eigenvalue weighted by atomic mass is 10.1. The molecule has 1 heterocycles. The smallest absolute Gasteiger partial charge is 0.240 e. The molecule has 1 aromatic heterocycles. The SMILES string of the molecule is CN(CC(=O)N[C@@H]1CCc2c(F)cccc21)c1ccc(C#N)cn1. The van der Waals surface area contributed by atoms with Crippen LogP contribution in [0.3, 0.4) is 0 Å². The first kappa shape index (κ1) is 15.9. The van der Waals surface area contributed by atoms with Crippen LogP contribution >= 0.6 is 0 Å². The molecule has 2 aromatic rings. The van der Waals surface area contributed by atoms with Crippen molar-refractivity contribution < 1.29 is 9.18 Å². The minimum Gasteiger partial charge on any atom is -0.350 e. The van der Waals surface area contributed by atoms with Crippen LogP contribution in [-0.2, 0) is 11.2 Å². The molecule has 1 N–H and O–H groups in total. The van der Waals surface area contributed by atoms with Gasteiger partial charge in [0.2, 0.25) is 5.91 Å². The lowest BCUT2D eigenvalue weighted by Crippen LogP contribution is -2.37. The second-order valence-corrected chi connectivity index (χ2v) is 5.84. The van der Waals surface area contributed by atoms with E-state index in [1.165, 1.54) is 12.3 Å². The van der Waals surface area contributed by atoms with E-state index in [1.807, 2.05) is 12.1 Å². The summed E-state index contributed by atoms with van der Waals surface area (Å²) in [4.78, 5) is 18.1. The summed E-state index contributed by atoms with van der Waals surface area (Å²) < 4.78 is 13.7. The largest absolute Gasteiger partial charge is 0.350 e. The van der Waals surface area contributed by atoms with Crippen LogP contribution in [0.25, 0.3) is 0 Å². The third-order valence-electron chi connectivity index (χ3n) is 4.20. The average molecular weight is 324 g/mol. The minimum absolute atomic E-state index is 0.139. The summed E-state index contributed by atoms with van der Waals surface area (Å²) in [7, 11) is 1.76. The molecule has 0 spiro atoms. The zero-order chi connectivity index (χ0) is 17.1. The molecule has 0 aliphatic heterocycles. The van der Waals surface area contributed by atoms with E-state index in [1.54, 1.807) is 30.1 Å². The molecule has 0 radical (unpaired) electrons. The average Bonchev–Trinajstić information content (AvgIpc) is 2.99. The van der Waals surface area contributed by atoms with Crippen LogP contribution in [0.2, 0.25) is 0 Å². The molecule has 24 heavy (non-hydrogen) atoms. The van der Waals surface area contributed by atoms with Crippen LogP contribution in [-0.4, -0.2) is 24.5 Å². The summed E-state index contributed by atoms with van der Waals surface area (Å²) >= 11 is 0. The molecule has 1 amide bonds. The standard InChI is InChI=1S/C18H17FN4O/c1-23(17-8-5-12(9-20)10-21-17)11-18(24)22-16-7-6-13-14(16)3-2-4-15(13)19/h2-5,8,10,16H,6-7,11H2,1H3,(H,22,24)/t16-/m1/s1. The van der Waals surface area contributed by atoms with E-state index in [0.29, 0.717) is 29.8 Å². The molecule has 5 nitrogen and oxygen atoms in total. The third-order valence-corrected chi connectivity index (χ3v) is 4.20. The van der Waals surface area contributed by atoms with Crippen molar-refractivity contribution in [3.05, 3.63) is 59.0 Å². The van der Waals surface area contributed by atoms with E-state index < -0.39 is 0 Å². The highest BCUT2D eigenvalue weighted by atomic mass is 19.1. The van der Waals surface area contributed by atoms with Gasteiger partial charge in [0.15, 0.2) is 0 Å². The van der Waals surface area contributed by atoms with Crippen molar-refractivity contribution in [2.24, 2.45) is 0 Å². The molecular weight excluding hydrogens is 307 g/mol. The normalized spacial score (nSPS) is 15.5. The number of nitriles is 1. The predicted octanol–water partition coefficient (Wildman–Crippen LogP) is 2.33. The molecule has 1 aliphatic rings. The number of hydrogen-bond donors (Lipinski definition) is 1. The third kappa shape index (κ3) is 3.20. The first-order valence-corrected chi connectivity index (χ1v) is 7.72. The Kier molecular flexibility index (Phi) is 4.43. The maximum absolute atomic E-state index is 13.7. The van der Waals surface area contributed by atoms with E-state index >= 15 is 0 Å². The Bertz CT molecular complexity index is 798. The number of likely N-dealkylation sites (N-methyl/N-ethyl adjacent to an activating group) is 1. The number of benzene rings is 1. The molecule has 0 bridgehead atoms. The van der Waals surface area contributed by atoms with Gasteiger partial charge in [-0.25, -0.2) is 9.37 Å². The number of aromatic nitrogens is 1. The van der Waals surface area contributed by atoms with Crippen LogP contribution in [0, 0.1) is 17.1 Å². The monoisotopic (exact) mass is 324 g/mol. The van der Waals surface area contributed by atoms with Crippen LogP contribution in [0.4, 0.5) is 10.2 Å². The number of nitrogens with zero attached hydrogens (tertiary/aromatic N) is 3. The first-order valence-electron chi connectivity index (χ1n) is 7.72. The highest BCUT2D eigenvalue weighted by molar-refractivity contribution is 5.81. The van der Waals surface area contributed by atoms with Gasteiger partial charge >= 0.3 is 0 Å². The van der Waals surface area contributed by atoms with Crippen molar-refractivity contribution in [1.82, 2.24) is 10.3 Å². The van der Waals surface area contributed by atoms with E-state index in [4.69, 9.17) is 5.26 Å². The van der Waals surface area contributed by atoms with Gasteiger partial charge in [0.05, 0.1) is 18.2 Å². The Balaban J connectivity index is 1.62. The fraction of sp³-hybridized carbons (Fsp3) is 0.278. The quantitative estimate of drug-likeness (QED) is 0.937. The Morgan fingerprint density at radius 1 is 1.46 bits per heavy atom. The minimum atomic E-state index is -0.205. The summed E-state index contributed by atoms with van der Waals surface area (Å²) in [6.07, 6.45) is 2.82. The van der Waals surface area contributed by atoms with Crippen molar-refractivity contribution in [3.63, 3.8) is 0 Å². The number of carbonyl (C=O) groups excluding carboxylic acids is 1. The molecule has 6 heteroatoms. The van der Waals surface area contributed by atoms with Gasteiger partial charge in [-0.1, -0.05) is 12.1 Å². The van der Waals surface area contributed by atoms with Crippen molar-refractivity contribution in [2.75, 3.05) is 18.5 Å². The Morgan fingerprint density at radius 3 is 3.00 bits per heavy atom. The predicted molar refractivity (Wildman–Crippen MR) is 87.8 cm³/mol. The summed E-state index contributed by atoms with van der Waals surface area (Å²) in [6.45, 7) is 0.139. The molecule has 0 unspecified atom stereocenters. The van der Waals surface area contributed by atoms with Crippen molar-refractivity contribution in [3.8, 4) is 6.07 Å². The van der Waals surface area contributed by atoms with Crippen LogP contribution in [0.15, 0.2) is 36.5 Å². The fourth-order valence-corrected chi connectivity index (χ4v) is 2.97. The molecule has 1 atom stereocenters. The summed E-state index contributed by atoms with van der Waals surface area (Å²) in [5.74, 6) is 0.260. The van der Waals surface area contributed by atoms with Gasteiger partial charge in [-0.2, -0.15) is 5.26 Å². The molecule has 1 aromatic carbocycles. The van der Waals surface area contributed by atoms with Gasteiger partial charge in [0, 0.05) is 13.2 Å². The van der Waals surface area contributed by atoms with Gasteiger partial charge in [-0.15, -0.1) is 0 Å². The number of amides is 1. The maximum atomic E-state index is 13.7. The highest BCUT2D eigenvalue weighted by Gasteiger charge is 2.26. The lowest BCUT2D eigenvalue weighted by Gasteiger charge is -2.20. The second kappa shape index (κ2) is 6.67. The zero-order valence-electron chi connectivity index (χ0n) is 13.3. The number of anilines is 1. The van der Waals surface area contributed by atoms with Crippen molar-refractivity contribution in [1.29, 1.82) is 5.26 Å². The topological polar surface area (TPSA) is 69.0 Å². The van der Waals surface area contributed by atoms with Gasteiger partial charge in [-0.05, 0) is 42.2 Å². The Hall–Kier alpha value is -2.94. The summed E-state index contributed by atoms with van der Waals surface area (Å²) in [5.41, 5.74) is 2.04.